The Bertz CT molecular complexity index is 2860. The lowest BCUT2D eigenvalue weighted by molar-refractivity contribution is 1.22. The van der Waals surface area contributed by atoms with E-state index in [1.165, 1.54) is 11.7 Å². The quantitative estimate of drug-likeness (QED) is 0.161. The third-order valence-electron chi connectivity index (χ3n) is 9.66. The summed E-state index contributed by atoms with van der Waals surface area (Å²) in [4.78, 5) is 19.5. The summed E-state index contributed by atoms with van der Waals surface area (Å²) in [6, 6.07) is 54.2. The van der Waals surface area contributed by atoms with Crippen LogP contribution in [0.2, 0.25) is 0 Å². The molecule has 7 heteroatoms. The van der Waals surface area contributed by atoms with E-state index in [0.717, 1.165) is 100 Å². The largest absolute Gasteiger partial charge is 0.255 e. The van der Waals surface area contributed by atoms with Crippen LogP contribution in [0.15, 0.2) is 170 Å². The molecular formula is C46H28N6S. The fourth-order valence-electron chi connectivity index (χ4n) is 7.09. The number of benzene rings is 5. The lowest BCUT2D eigenvalue weighted by Crippen LogP contribution is -1.94. The number of hydrogen-bond donors (Lipinski definition) is 0. The highest BCUT2D eigenvalue weighted by molar-refractivity contribution is 7.00. The van der Waals surface area contributed by atoms with Crippen LogP contribution < -0.4 is 0 Å². The molecule has 0 radical (unpaired) electrons. The van der Waals surface area contributed by atoms with Crippen molar-refractivity contribution in [2.45, 2.75) is 0 Å². The summed E-state index contributed by atoms with van der Waals surface area (Å²) in [5.74, 6) is 0. The Labute approximate surface area is 309 Å². The molecule has 0 unspecified atom stereocenters. The zero-order chi connectivity index (χ0) is 35.1. The number of aromatic nitrogens is 6. The van der Waals surface area contributed by atoms with Gasteiger partial charge in [0.1, 0.15) is 11.0 Å². The maximum absolute atomic E-state index is 5.36. The van der Waals surface area contributed by atoms with Crippen LogP contribution in [-0.4, -0.2) is 28.7 Å². The molecule has 0 bridgehead atoms. The highest BCUT2D eigenvalue weighted by Crippen LogP contribution is 2.42. The van der Waals surface area contributed by atoms with Gasteiger partial charge in [-0.25, -0.2) is 9.97 Å². The Morgan fingerprint density at radius 3 is 1.60 bits per heavy atom. The van der Waals surface area contributed by atoms with E-state index in [9.17, 15) is 0 Å². The summed E-state index contributed by atoms with van der Waals surface area (Å²) >= 11 is 1.25. The molecule has 0 aliphatic heterocycles. The van der Waals surface area contributed by atoms with Crippen LogP contribution in [0.5, 0.6) is 0 Å². The number of fused-ring (bicyclic) bond motifs is 5. The number of rotatable bonds is 6. The van der Waals surface area contributed by atoms with Crippen LogP contribution in [0, 0.1) is 0 Å². The van der Waals surface area contributed by atoms with Crippen molar-refractivity contribution in [1.29, 1.82) is 0 Å². The van der Waals surface area contributed by atoms with Gasteiger partial charge in [0.25, 0.3) is 0 Å². The Kier molecular flexibility index (Phi) is 7.55. The molecule has 10 rings (SSSR count). The smallest absolute Gasteiger partial charge is 0.114 e. The van der Waals surface area contributed by atoms with Crippen molar-refractivity contribution in [2.75, 3.05) is 0 Å². The summed E-state index contributed by atoms with van der Waals surface area (Å²) in [5.41, 5.74) is 14.4. The van der Waals surface area contributed by atoms with E-state index < -0.39 is 0 Å². The van der Waals surface area contributed by atoms with E-state index in [0.29, 0.717) is 0 Å². The average molecular weight is 697 g/mol. The van der Waals surface area contributed by atoms with Crippen molar-refractivity contribution in [3.63, 3.8) is 0 Å². The maximum atomic E-state index is 5.36. The molecule has 0 atom stereocenters. The van der Waals surface area contributed by atoms with Gasteiger partial charge in [0.2, 0.25) is 0 Å². The van der Waals surface area contributed by atoms with Gasteiger partial charge in [-0.3, -0.25) is 9.97 Å². The standard InChI is InChI=1S/C46H28N6S/c1-3-11-31(12-4-1)36-28-37-43(46-45(36)51-53-52-46)35-22-21-33(25-40(35)50-44(37)32-13-5-2-6-14-32)29-17-19-30(20-18-29)34-26-41(38-15-7-9-23-47-38)49-42(27-34)39-16-8-10-24-48-39/h1-28H. The van der Waals surface area contributed by atoms with Gasteiger partial charge in [-0.2, -0.15) is 8.75 Å². The van der Waals surface area contributed by atoms with Crippen LogP contribution >= 0.6 is 11.7 Å². The maximum Gasteiger partial charge on any atom is 0.114 e. The van der Waals surface area contributed by atoms with E-state index in [1.807, 2.05) is 48.5 Å². The van der Waals surface area contributed by atoms with Crippen LogP contribution in [0.4, 0.5) is 0 Å². The van der Waals surface area contributed by atoms with Crippen molar-refractivity contribution in [3.05, 3.63) is 170 Å². The van der Waals surface area contributed by atoms with Gasteiger partial charge in [0.15, 0.2) is 0 Å². The lowest BCUT2D eigenvalue weighted by atomic mass is 9.93. The normalized spacial score (nSPS) is 11.4. The summed E-state index contributed by atoms with van der Waals surface area (Å²) in [7, 11) is 0. The van der Waals surface area contributed by atoms with E-state index in [1.54, 1.807) is 12.4 Å². The number of hydrogen-bond acceptors (Lipinski definition) is 7. The van der Waals surface area contributed by atoms with E-state index in [4.69, 9.17) is 18.7 Å². The molecule has 248 valence electrons. The molecule has 0 N–H and O–H groups in total. The van der Waals surface area contributed by atoms with Crippen LogP contribution in [0.3, 0.4) is 0 Å². The minimum Gasteiger partial charge on any atom is -0.255 e. The van der Waals surface area contributed by atoms with Crippen molar-refractivity contribution in [3.8, 4) is 67.4 Å². The van der Waals surface area contributed by atoms with Gasteiger partial charge < -0.3 is 0 Å². The fraction of sp³-hybridized carbons (Fsp3) is 0. The number of nitrogens with zero attached hydrogens (tertiary/aromatic N) is 6. The first kappa shape index (κ1) is 30.8. The second-order valence-corrected chi connectivity index (χ2v) is 13.4. The second-order valence-electron chi connectivity index (χ2n) is 12.9. The molecule has 53 heavy (non-hydrogen) atoms. The first-order valence-electron chi connectivity index (χ1n) is 17.4. The minimum absolute atomic E-state index is 0.801. The molecular weight excluding hydrogens is 669 g/mol. The zero-order valence-corrected chi connectivity index (χ0v) is 29.1. The van der Waals surface area contributed by atoms with Crippen LogP contribution in [0.25, 0.3) is 100 Å². The van der Waals surface area contributed by atoms with E-state index in [2.05, 4.69) is 119 Å². The third-order valence-corrected chi connectivity index (χ3v) is 10.2. The summed E-state index contributed by atoms with van der Waals surface area (Å²) in [5, 5.41) is 3.19. The molecule has 0 amide bonds. The monoisotopic (exact) mass is 696 g/mol. The van der Waals surface area contributed by atoms with Crippen molar-refractivity contribution < 1.29 is 0 Å². The Morgan fingerprint density at radius 2 is 0.962 bits per heavy atom. The van der Waals surface area contributed by atoms with Gasteiger partial charge in [-0.05, 0) is 76.3 Å². The molecule has 0 fully saturated rings. The molecule has 0 aliphatic rings. The molecule has 5 heterocycles. The van der Waals surface area contributed by atoms with Crippen molar-refractivity contribution in [2.24, 2.45) is 0 Å². The van der Waals surface area contributed by atoms with Gasteiger partial charge in [0, 0.05) is 39.7 Å². The predicted octanol–water partition coefficient (Wildman–Crippen LogP) is 11.6. The molecule has 0 aliphatic carbocycles. The molecule has 0 saturated carbocycles. The molecule has 10 aromatic rings. The fourth-order valence-corrected chi connectivity index (χ4v) is 7.66. The summed E-state index contributed by atoms with van der Waals surface area (Å²) in [6.07, 6.45) is 3.59. The average Bonchev–Trinajstić information content (AvgIpc) is 3.74. The van der Waals surface area contributed by atoms with E-state index >= 15 is 0 Å². The van der Waals surface area contributed by atoms with Gasteiger partial charge in [-0.1, -0.05) is 109 Å². The molecule has 6 nitrogen and oxygen atoms in total. The molecule has 0 saturated heterocycles. The Balaban J connectivity index is 1.10. The molecule has 5 aromatic carbocycles. The summed E-state index contributed by atoms with van der Waals surface area (Å²) < 4.78 is 9.68. The zero-order valence-electron chi connectivity index (χ0n) is 28.3. The third kappa shape index (κ3) is 5.60. The van der Waals surface area contributed by atoms with Gasteiger partial charge in [-0.15, -0.1) is 0 Å². The van der Waals surface area contributed by atoms with Crippen molar-refractivity contribution in [1.82, 2.24) is 28.7 Å². The SMILES string of the molecule is c1ccc(-c2nc3cc(-c4ccc(-c5cc(-c6ccccn6)nc(-c6ccccn6)c5)cc4)ccc3c3c2cc(-c2ccccc2)c2nsnc23)cc1. The topological polar surface area (TPSA) is 77.3 Å². The predicted molar refractivity (Wildman–Crippen MR) is 216 cm³/mol. The molecule has 0 spiro atoms. The van der Waals surface area contributed by atoms with Crippen LogP contribution in [-0.2, 0) is 0 Å². The highest BCUT2D eigenvalue weighted by Gasteiger charge is 2.20. The van der Waals surface area contributed by atoms with Crippen LogP contribution in [0.1, 0.15) is 0 Å². The second kappa shape index (κ2) is 13.0. The van der Waals surface area contributed by atoms with Gasteiger partial charge >= 0.3 is 0 Å². The summed E-state index contributed by atoms with van der Waals surface area (Å²) in [6.45, 7) is 0. The van der Waals surface area contributed by atoms with Crippen molar-refractivity contribution >= 4 is 44.4 Å². The minimum atomic E-state index is 0.801. The molecule has 5 aromatic heterocycles. The number of pyridine rings is 4. The highest BCUT2D eigenvalue weighted by atomic mass is 32.1. The first-order chi connectivity index (χ1) is 26.3. The van der Waals surface area contributed by atoms with Gasteiger partial charge in [0.05, 0.1) is 45.7 Å². The lowest BCUT2D eigenvalue weighted by Gasteiger charge is -2.14. The Morgan fingerprint density at radius 1 is 0.377 bits per heavy atom. The van der Waals surface area contributed by atoms with E-state index in [-0.39, 0.29) is 0 Å². The Hall–Kier alpha value is -6.96. The first-order valence-corrected chi connectivity index (χ1v) is 18.1.